The van der Waals surface area contributed by atoms with Crippen molar-refractivity contribution in [1.82, 2.24) is 4.90 Å². The van der Waals surface area contributed by atoms with E-state index >= 15 is 0 Å². The van der Waals surface area contributed by atoms with Crippen LogP contribution >= 0.6 is 11.6 Å². The summed E-state index contributed by atoms with van der Waals surface area (Å²) in [5.41, 5.74) is -0.552. The van der Waals surface area contributed by atoms with Gasteiger partial charge in [-0.1, -0.05) is 17.7 Å². The Morgan fingerprint density at radius 1 is 1.20 bits per heavy atom. The van der Waals surface area contributed by atoms with Crippen molar-refractivity contribution in [3.8, 4) is 0 Å². The minimum Gasteiger partial charge on any atom is -0.291 e. The molecule has 0 saturated carbocycles. The quantitative estimate of drug-likeness (QED) is 0.681. The zero-order valence-electron chi connectivity index (χ0n) is 11.9. The second kappa shape index (κ2) is 5.23. The zero-order chi connectivity index (χ0) is 15.1. The van der Waals surface area contributed by atoms with Crippen LogP contribution in [0.3, 0.4) is 0 Å². The van der Waals surface area contributed by atoms with E-state index in [9.17, 15) is 13.2 Å². The molecule has 0 aliphatic carbocycles. The number of benzene rings is 1. The van der Waals surface area contributed by atoms with E-state index in [1.54, 1.807) is 6.07 Å². The molecule has 1 heterocycles. The summed E-state index contributed by atoms with van der Waals surface area (Å²) in [6.45, 7) is 6.87. The molecule has 2 rings (SSSR count). The number of rotatable bonds is 1. The minimum atomic E-state index is -4.37. The predicted molar refractivity (Wildman–Crippen MR) is 74.9 cm³/mol. The van der Waals surface area contributed by atoms with Crippen LogP contribution in [-0.4, -0.2) is 17.0 Å². The minimum absolute atomic E-state index is 0.177. The van der Waals surface area contributed by atoms with Gasteiger partial charge in [-0.2, -0.15) is 13.2 Å². The first-order valence-corrected chi connectivity index (χ1v) is 7.12. The third-order valence-electron chi connectivity index (χ3n) is 3.81. The Kier molecular flexibility index (Phi) is 4.09. The SMILES string of the molecule is CC(C)(C)N1CCCC1c1c(Cl)cccc1C(F)(F)F. The number of alkyl halides is 3. The fraction of sp³-hybridized carbons (Fsp3) is 0.600. The van der Waals surface area contributed by atoms with Crippen molar-refractivity contribution in [2.75, 3.05) is 6.54 Å². The molecular formula is C15H19ClF3N. The Labute approximate surface area is 122 Å². The van der Waals surface area contributed by atoms with Crippen molar-refractivity contribution >= 4 is 11.6 Å². The highest BCUT2D eigenvalue weighted by Gasteiger charge is 2.41. The van der Waals surface area contributed by atoms with E-state index in [2.05, 4.69) is 4.90 Å². The number of hydrogen-bond donors (Lipinski definition) is 0. The molecule has 0 aromatic heterocycles. The van der Waals surface area contributed by atoms with Gasteiger partial charge in [0.15, 0.2) is 0 Å². The fourth-order valence-corrected chi connectivity index (χ4v) is 3.29. The number of nitrogens with zero attached hydrogens (tertiary/aromatic N) is 1. The molecule has 0 radical (unpaired) electrons. The van der Waals surface area contributed by atoms with Crippen molar-refractivity contribution in [2.24, 2.45) is 0 Å². The molecule has 0 N–H and O–H groups in total. The summed E-state index contributed by atoms with van der Waals surface area (Å²) in [6.07, 6.45) is -2.76. The van der Waals surface area contributed by atoms with Gasteiger partial charge >= 0.3 is 6.18 Å². The molecule has 1 atom stereocenters. The van der Waals surface area contributed by atoms with E-state index in [4.69, 9.17) is 11.6 Å². The van der Waals surface area contributed by atoms with Gasteiger partial charge in [0.25, 0.3) is 0 Å². The van der Waals surface area contributed by atoms with E-state index in [0.717, 1.165) is 19.0 Å². The monoisotopic (exact) mass is 305 g/mol. The molecule has 0 bridgehead atoms. The molecule has 1 aliphatic rings. The average Bonchev–Trinajstić information content (AvgIpc) is 2.75. The van der Waals surface area contributed by atoms with Crippen LogP contribution in [0.1, 0.15) is 50.8 Å². The van der Waals surface area contributed by atoms with Crippen LogP contribution in [0.25, 0.3) is 0 Å². The Morgan fingerprint density at radius 3 is 2.40 bits per heavy atom. The van der Waals surface area contributed by atoms with Gasteiger partial charge in [-0.15, -0.1) is 0 Å². The molecule has 1 aromatic rings. The van der Waals surface area contributed by atoms with E-state index < -0.39 is 11.7 Å². The Balaban J connectivity index is 2.52. The highest BCUT2D eigenvalue weighted by Crippen LogP contribution is 2.45. The van der Waals surface area contributed by atoms with Crippen LogP contribution in [0, 0.1) is 0 Å². The van der Waals surface area contributed by atoms with Gasteiger partial charge in [-0.3, -0.25) is 4.90 Å². The summed E-state index contributed by atoms with van der Waals surface area (Å²) >= 11 is 6.10. The van der Waals surface area contributed by atoms with Gasteiger partial charge in [0.2, 0.25) is 0 Å². The highest BCUT2D eigenvalue weighted by molar-refractivity contribution is 6.31. The fourth-order valence-electron chi connectivity index (χ4n) is 2.99. The van der Waals surface area contributed by atoms with Crippen LogP contribution < -0.4 is 0 Å². The third-order valence-corrected chi connectivity index (χ3v) is 4.14. The van der Waals surface area contributed by atoms with Crippen molar-refractivity contribution in [1.29, 1.82) is 0 Å². The van der Waals surface area contributed by atoms with E-state index in [0.29, 0.717) is 6.42 Å². The van der Waals surface area contributed by atoms with Gasteiger partial charge in [0.05, 0.1) is 5.56 Å². The zero-order valence-corrected chi connectivity index (χ0v) is 12.6. The second-order valence-corrected chi connectivity index (χ2v) is 6.63. The van der Waals surface area contributed by atoms with Gasteiger partial charge in [0.1, 0.15) is 0 Å². The maximum absolute atomic E-state index is 13.2. The molecule has 1 aliphatic heterocycles. The number of likely N-dealkylation sites (tertiary alicyclic amines) is 1. The van der Waals surface area contributed by atoms with E-state index in [1.807, 2.05) is 20.8 Å². The Morgan fingerprint density at radius 2 is 1.85 bits per heavy atom. The Bertz CT molecular complexity index is 491. The third kappa shape index (κ3) is 2.96. The average molecular weight is 306 g/mol. The molecule has 1 fully saturated rings. The molecule has 1 unspecified atom stereocenters. The van der Waals surface area contributed by atoms with Crippen molar-refractivity contribution in [3.63, 3.8) is 0 Å². The molecule has 0 spiro atoms. The van der Waals surface area contributed by atoms with Gasteiger partial charge in [0, 0.05) is 22.2 Å². The van der Waals surface area contributed by atoms with Gasteiger partial charge < -0.3 is 0 Å². The summed E-state index contributed by atoms with van der Waals surface area (Å²) < 4.78 is 39.7. The lowest BCUT2D eigenvalue weighted by Gasteiger charge is -2.38. The first kappa shape index (κ1) is 15.6. The summed E-state index contributed by atoms with van der Waals surface area (Å²) in [6, 6.07) is 3.77. The van der Waals surface area contributed by atoms with Crippen LogP contribution in [0.2, 0.25) is 5.02 Å². The smallest absolute Gasteiger partial charge is 0.291 e. The number of hydrogen-bond acceptors (Lipinski definition) is 1. The molecule has 112 valence electrons. The normalized spacial score (nSPS) is 21.4. The van der Waals surface area contributed by atoms with Crippen molar-refractivity contribution < 1.29 is 13.2 Å². The maximum atomic E-state index is 13.2. The van der Waals surface area contributed by atoms with Crippen LogP contribution in [-0.2, 0) is 6.18 Å². The maximum Gasteiger partial charge on any atom is 0.416 e. The first-order valence-electron chi connectivity index (χ1n) is 6.74. The topological polar surface area (TPSA) is 3.24 Å². The standard InChI is InChI=1S/C15H19ClF3N/c1-14(2,3)20-9-5-8-12(20)13-10(15(17,18)19)6-4-7-11(13)16/h4,6-7,12H,5,8-9H2,1-3H3. The van der Waals surface area contributed by atoms with Gasteiger partial charge in [-0.25, -0.2) is 0 Å². The Hall–Kier alpha value is -0.740. The summed E-state index contributed by atoms with van der Waals surface area (Å²) in [5, 5.41) is 0.209. The molecular weight excluding hydrogens is 287 g/mol. The molecule has 5 heteroatoms. The first-order chi connectivity index (χ1) is 9.12. The number of halogens is 4. The molecule has 1 saturated heterocycles. The summed E-state index contributed by atoms with van der Waals surface area (Å²) in [5.74, 6) is 0. The molecule has 1 aromatic carbocycles. The lowest BCUT2D eigenvalue weighted by molar-refractivity contribution is -0.138. The highest BCUT2D eigenvalue weighted by atomic mass is 35.5. The summed E-state index contributed by atoms with van der Waals surface area (Å²) in [4.78, 5) is 2.11. The largest absolute Gasteiger partial charge is 0.416 e. The van der Waals surface area contributed by atoms with E-state index in [1.165, 1.54) is 6.07 Å². The van der Waals surface area contributed by atoms with Crippen molar-refractivity contribution in [2.45, 2.75) is 51.4 Å². The van der Waals surface area contributed by atoms with Crippen LogP contribution in [0.5, 0.6) is 0 Å². The second-order valence-electron chi connectivity index (χ2n) is 6.22. The lowest BCUT2D eigenvalue weighted by Crippen LogP contribution is -2.41. The molecule has 1 nitrogen and oxygen atoms in total. The van der Waals surface area contributed by atoms with Gasteiger partial charge in [-0.05, 0) is 52.3 Å². The molecule has 20 heavy (non-hydrogen) atoms. The van der Waals surface area contributed by atoms with Crippen molar-refractivity contribution in [3.05, 3.63) is 34.3 Å². The summed E-state index contributed by atoms with van der Waals surface area (Å²) in [7, 11) is 0. The van der Waals surface area contributed by atoms with Crippen LogP contribution in [0.15, 0.2) is 18.2 Å². The predicted octanol–water partition coefficient (Wildman–Crippen LogP) is 5.29. The van der Waals surface area contributed by atoms with E-state index in [-0.39, 0.29) is 22.2 Å². The molecule has 0 amide bonds. The van der Waals surface area contributed by atoms with Crippen LogP contribution in [0.4, 0.5) is 13.2 Å². The lowest BCUT2D eigenvalue weighted by atomic mass is 9.95.